The van der Waals surface area contributed by atoms with E-state index in [-0.39, 0.29) is 33.6 Å². The maximum absolute atomic E-state index is 13.1. The fourth-order valence-electron chi connectivity index (χ4n) is 3.66. The van der Waals surface area contributed by atoms with Crippen molar-refractivity contribution in [1.82, 2.24) is 10.2 Å². The maximum Gasteiger partial charge on any atom is 0.301 e. The Labute approximate surface area is 198 Å². The number of rotatable bonds is 6. The number of aromatic nitrogens is 2. The molecular weight excluding hydrogens is 460 g/mol. The number of non-ortho nitro benzene ring substituents is 1. The second-order valence-electron chi connectivity index (χ2n) is 7.82. The minimum atomic E-state index is -1.13. The molecule has 2 heterocycles. The van der Waals surface area contributed by atoms with Gasteiger partial charge in [0.25, 0.3) is 11.5 Å². The number of ketones is 1. The summed E-state index contributed by atoms with van der Waals surface area (Å²) in [5, 5.41) is 31.1. The van der Waals surface area contributed by atoms with Crippen LogP contribution in [0.4, 0.5) is 10.8 Å². The molecule has 1 fully saturated rings. The predicted octanol–water partition coefficient (Wildman–Crippen LogP) is 4.17. The molecule has 34 heavy (non-hydrogen) atoms. The summed E-state index contributed by atoms with van der Waals surface area (Å²) in [6.07, 6.45) is -0.0472. The lowest BCUT2D eigenvalue weighted by molar-refractivity contribution is -0.384. The Hall–Kier alpha value is -4.12. The summed E-state index contributed by atoms with van der Waals surface area (Å²) in [5.74, 6) is -1.67. The highest BCUT2D eigenvalue weighted by Gasteiger charge is 2.48. The molecule has 0 radical (unpaired) electrons. The quantitative estimate of drug-likeness (QED) is 0.183. The van der Waals surface area contributed by atoms with Crippen LogP contribution in [-0.4, -0.2) is 38.0 Å². The molecule has 1 amide bonds. The summed E-state index contributed by atoms with van der Waals surface area (Å²) >= 11 is 1.09. The molecular formula is C23H20N4O6S. The molecule has 1 saturated heterocycles. The molecule has 11 heteroatoms. The van der Waals surface area contributed by atoms with Crippen LogP contribution < -0.4 is 9.64 Å². The van der Waals surface area contributed by atoms with Crippen molar-refractivity contribution in [3.05, 3.63) is 80.4 Å². The number of benzene rings is 2. The largest absolute Gasteiger partial charge is 0.507 e. The number of ether oxygens (including phenoxy) is 1. The van der Waals surface area contributed by atoms with Crippen LogP contribution in [0.3, 0.4) is 0 Å². The molecule has 0 spiro atoms. The predicted molar refractivity (Wildman–Crippen MR) is 125 cm³/mol. The zero-order valence-corrected chi connectivity index (χ0v) is 19.3. The molecule has 1 atom stereocenters. The van der Waals surface area contributed by atoms with Crippen molar-refractivity contribution in [2.75, 3.05) is 4.90 Å². The van der Waals surface area contributed by atoms with Gasteiger partial charge in [-0.1, -0.05) is 23.5 Å². The molecule has 2 aromatic carbocycles. The number of amides is 1. The first-order chi connectivity index (χ1) is 16.2. The van der Waals surface area contributed by atoms with Crippen LogP contribution in [0.2, 0.25) is 0 Å². The molecule has 1 unspecified atom stereocenters. The highest BCUT2D eigenvalue weighted by Crippen LogP contribution is 2.43. The number of hydrogen-bond acceptors (Lipinski definition) is 9. The van der Waals surface area contributed by atoms with Gasteiger partial charge in [0, 0.05) is 17.7 Å². The number of nitro groups is 1. The molecule has 3 aromatic rings. The van der Waals surface area contributed by atoms with Crippen molar-refractivity contribution in [2.24, 2.45) is 0 Å². The first kappa shape index (κ1) is 23.1. The number of nitrogens with zero attached hydrogens (tertiary/aromatic N) is 4. The lowest BCUT2D eigenvalue weighted by Crippen LogP contribution is -2.29. The highest BCUT2D eigenvalue weighted by atomic mass is 32.1. The average molecular weight is 481 g/mol. The molecule has 0 aliphatic carbocycles. The first-order valence-electron chi connectivity index (χ1n) is 10.3. The molecule has 0 bridgehead atoms. The summed E-state index contributed by atoms with van der Waals surface area (Å²) in [5.41, 5.74) is 0.156. The topological polar surface area (TPSA) is 136 Å². The monoisotopic (exact) mass is 480 g/mol. The number of aryl methyl sites for hydroxylation is 1. The van der Waals surface area contributed by atoms with E-state index in [4.69, 9.17) is 4.74 Å². The van der Waals surface area contributed by atoms with Crippen molar-refractivity contribution >= 4 is 39.6 Å². The van der Waals surface area contributed by atoms with Crippen LogP contribution in [0.1, 0.15) is 36.0 Å². The number of aliphatic hydroxyl groups is 1. The number of hydrogen-bond donors (Lipinski definition) is 1. The fraction of sp³-hybridized carbons (Fsp3) is 0.217. The highest BCUT2D eigenvalue weighted by molar-refractivity contribution is 7.15. The van der Waals surface area contributed by atoms with Crippen molar-refractivity contribution in [2.45, 2.75) is 32.9 Å². The average Bonchev–Trinajstić information content (AvgIpc) is 3.34. The third kappa shape index (κ3) is 4.25. The third-order valence-corrected chi connectivity index (χ3v) is 5.90. The Morgan fingerprint density at radius 2 is 1.88 bits per heavy atom. The summed E-state index contributed by atoms with van der Waals surface area (Å²) in [6.45, 7) is 5.45. The van der Waals surface area contributed by atoms with Crippen LogP contribution in [-0.2, 0) is 9.59 Å². The van der Waals surface area contributed by atoms with Gasteiger partial charge in [0.2, 0.25) is 5.13 Å². The van der Waals surface area contributed by atoms with Crippen LogP contribution >= 0.6 is 11.3 Å². The van der Waals surface area contributed by atoms with Crippen LogP contribution in [0.25, 0.3) is 5.76 Å². The zero-order chi connectivity index (χ0) is 24.6. The van der Waals surface area contributed by atoms with E-state index >= 15 is 0 Å². The second-order valence-corrected chi connectivity index (χ2v) is 8.98. The number of carbonyl (C=O) groups excluding carboxylic acids is 2. The van der Waals surface area contributed by atoms with E-state index < -0.39 is 28.4 Å². The number of Topliss-reactive ketones (excluding diaryl/α,β-unsaturated/α-hetero) is 1. The van der Waals surface area contributed by atoms with Gasteiger partial charge in [-0.2, -0.15) is 0 Å². The Kier molecular flexibility index (Phi) is 6.12. The summed E-state index contributed by atoms with van der Waals surface area (Å²) in [4.78, 5) is 38.1. The summed E-state index contributed by atoms with van der Waals surface area (Å²) < 4.78 is 5.61. The lowest BCUT2D eigenvalue weighted by Gasteiger charge is -2.22. The molecule has 1 aliphatic rings. The van der Waals surface area contributed by atoms with E-state index in [2.05, 4.69) is 10.2 Å². The van der Waals surface area contributed by atoms with Gasteiger partial charge in [0.15, 0.2) is 0 Å². The number of anilines is 1. The van der Waals surface area contributed by atoms with Crippen LogP contribution in [0.5, 0.6) is 5.75 Å². The zero-order valence-electron chi connectivity index (χ0n) is 18.5. The van der Waals surface area contributed by atoms with E-state index in [1.54, 1.807) is 37.3 Å². The van der Waals surface area contributed by atoms with Crippen molar-refractivity contribution in [3.8, 4) is 5.75 Å². The van der Waals surface area contributed by atoms with Crippen molar-refractivity contribution in [3.63, 3.8) is 0 Å². The standard InChI is InChI=1S/C23H20N4O6S/c1-12(2)33-17-9-7-14(8-10-17)20(28)18-19(15-5-4-6-16(11-15)27(31)32)26(22(30)21(18)29)23-25-24-13(3)34-23/h4-12,19,28H,1-3H3/b20-18-. The van der Waals surface area contributed by atoms with Crippen molar-refractivity contribution in [1.29, 1.82) is 0 Å². The number of carbonyl (C=O) groups is 2. The Morgan fingerprint density at radius 3 is 2.47 bits per heavy atom. The number of aliphatic hydroxyl groups excluding tert-OH is 1. The minimum Gasteiger partial charge on any atom is -0.507 e. The Bertz CT molecular complexity index is 1320. The minimum absolute atomic E-state index is 0.0472. The number of nitro benzene ring substituents is 1. The second kappa shape index (κ2) is 9.02. The van der Waals surface area contributed by atoms with Gasteiger partial charge in [-0.3, -0.25) is 24.6 Å². The van der Waals surface area contributed by atoms with Crippen LogP contribution in [0.15, 0.2) is 54.1 Å². The van der Waals surface area contributed by atoms with Gasteiger partial charge in [-0.25, -0.2) is 0 Å². The molecule has 1 aliphatic heterocycles. The molecule has 0 saturated carbocycles. The smallest absolute Gasteiger partial charge is 0.301 e. The van der Waals surface area contributed by atoms with Gasteiger partial charge in [-0.15, -0.1) is 10.2 Å². The molecule has 10 nitrogen and oxygen atoms in total. The fourth-order valence-corrected chi connectivity index (χ4v) is 4.37. The molecule has 174 valence electrons. The Morgan fingerprint density at radius 1 is 1.18 bits per heavy atom. The van der Waals surface area contributed by atoms with Gasteiger partial charge < -0.3 is 9.84 Å². The maximum atomic E-state index is 13.1. The summed E-state index contributed by atoms with van der Waals surface area (Å²) in [7, 11) is 0. The molecule has 4 rings (SSSR count). The van der Waals surface area contributed by atoms with Crippen molar-refractivity contribution < 1.29 is 24.4 Å². The van der Waals surface area contributed by atoms with E-state index in [1.807, 2.05) is 13.8 Å². The van der Waals surface area contributed by atoms with Gasteiger partial charge in [0.05, 0.1) is 22.6 Å². The summed E-state index contributed by atoms with van der Waals surface area (Å²) in [6, 6.07) is 10.9. The van der Waals surface area contributed by atoms with E-state index in [9.17, 15) is 24.8 Å². The van der Waals surface area contributed by atoms with E-state index in [0.717, 1.165) is 16.2 Å². The van der Waals surface area contributed by atoms with E-state index in [0.29, 0.717) is 10.8 Å². The van der Waals surface area contributed by atoms with E-state index in [1.165, 1.54) is 18.2 Å². The molecule has 1 aromatic heterocycles. The van der Waals surface area contributed by atoms with Gasteiger partial charge >= 0.3 is 5.91 Å². The molecule has 1 N–H and O–H groups in total. The first-order valence-corrected chi connectivity index (χ1v) is 11.1. The van der Waals surface area contributed by atoms with Crippen LogP contribution in [0, 0.1) is 17.0 Å². The SMILES string of the molecule is Cc1nnc(N2C(=O)C(=O)/C(=C(\O)c3ccc(OC(C)C)cc3)C2c2cccc([N+](=O)[O-])c2)s1. The lowest BCUT2D eigenvalue weighted by atomic mass is 9.95. The third-order valence-electron chi connectivity index (χ3n) is 5.06. The Balaban J connectivity index is 1.88. The normalized spacial score (nSPS) is 17.4. The van der Waals surface area contributed by atoms with Gasteiger partial charge in [-0.05, 0) is 50.6 Å². The van der Waals surface area contributed by atoms with Gasteiger partial charge in [0.1, 0.15) is 16.5 Å².